The SMILES string of the molecule is COc1cc(C)cc(C)c1NCC1(CN)CCC1. The number of rotatable bonds is 5. The molecule has 1 aliphatic rings. The van der Waals surface area contributed by atoms with E-state index in [0.717, 1.165) is 24.5 Å². The average molecular weight is 248 g/mol. The fourth-order valence-electron chi connectivity index (χ4n) is 2.72. The van der Waals surface area contributed by atoms with Crippen molar-refractivity contribution in [1.82, 2.24) is 0 Å². The molecule has 1 aromatic rings. The maximum atomic E-state index is 5.89. The lowest BCUT2D eigenvalue weighted by Gasteiger charge is -2.41. The summed E-state index contributed by atoms with van der Waals surface area (Å²) in [6, 6.07) is 4.26. The highest BCUT2D eigenvalue weighted by atomic mass is 16.5. The molecule has 0 saturated heterocycles. The van der Waals surface area contributed by atoms with Crippen LogP contribution in [0.5, 0.6) is 5.75 Å². The van der Waals surface area contributed by atoms with Crippen LogP contribution in [-0.4, -0.2) is 20.2 Å². The Hall–Kier alpha value is -1.22. The van der Waals surface area contributed by atoms with Gasteiger partial charge in [0.25, 0.3) is 0 Å². The summed E-state index contributed by atoms with van der Waals surface area (Å²) in [7, 11) is 1.72. The van der Waals surface area contributed by atoms with E-state index in [0.29, 0.717) is 5.41 Å². The topological polar surface area (TPSA) is 47.3 Å². The van der Waals surface area contributed by atoms with Crippen LogP contribution in [0.3, 0.4) is 0 Å². The van der Waals surface area contributed by atoms with Crippen molar-refractivity contribution in [3.8, 4) is 5.75 Å². The normalized spacial score (nSPS) is 17.1. The van der Waals surface area contributed by atoms with Crippen molar-refractivity contribution >= 4 is 5.69 Å². The van der Waals surface area contributed by atoms with Gasteiger partial charge in [-0.25, -0.2) is 0 Å². The van der Waals surface area contributed by atoms with E-state index < -0.39 is 0 Å². The molecule has 0 aliphatic heterocycles. The molecule has 3 nitrogen and oxygen atoms in total. The summed E-state index contributed by atoms with van der Waals surface area (Å²) >= 11 is 0. The molecule has 0 bridgehead atoms. The Morgan fingerprint density at radius 1 is 1.33 bits per heavy atom. The molecule has 1 aromatic carbocycles. The van der Waals surface area contributed by atoms with E-state index in [9.17, 15) is 0 Å². The second-order valence-corrected chi connectivity index (χ2v) is 5.57. The Kier molecular flexibility index (Phi) is 3.81. The fourth-order valence-corrected chi connectivity index (χ4v) is 2.72. The molecule has 100 valence electrons. The first-order valence-corrected chi connectivity index (χ1v) is 6.69. The number of benzene rings is 1. The molecule has 1 saturated carbocycles. The zero-order valence-corrected chi connectivity index (χ0v) is 11.7. The second-order valence-electron chi connectivity index (χ2n) is 5.57. The van der Waals surface area contributed by atoms with Crippen LogP contribution >= 0.6 is 0 Å². The molecule has 3 heteroatoms. The Labute approximate surface area is 110 Å². The first kappa shape index (κ1) is 13.2. The Balaban J connectivity index is 2.13. The Morgan fingerprint density at radius 2 is 2.06 bits per heavy atom. The van der Waals surface area contributed by atoms with Gasteiger partial charge in [0.05, 0.1) is 12.8 Å². The van der Waals surface area contributed by atoms with E-state index in [1.807, 2.05) is 0 Å². The molecule has 3 N–H and O–H groups in total. The molecule has 0 unspecified atom stereocenters. The molecular weight excluding hydrogens is 224 g/mol. The van der Waals surface area contributed by atoms with Gasteiger partial charge in [-0.05, 0) is 55.8 Å². The van der Waals surface area contributed by atoms with Crippen LogP contribution in [0.2, 0.25) is 0 Å². The largest absolute Gasteiger partial charge is 0.495 e. The van der Waals surface area contributed by atoms with Crippen molar-refractivity contribution in [3.63, 3.8) is 0 Å². The molecule has 1 aliphatic carbocycles. The van der Waals surface area contributed by atoms with Gasteiger partial charge in [0, 0.05) is 6.54 Å². The fraction of sp³-hybridized carbons (Fsp3) is 0.600. The first-order valence-electron chi connectivity index (χ1n) is 6.69. The number of ether oxygens (including phenoxy) is 1. The van der Waals surface area contributed by atoms with Crippen LogP contribution < -0.4 is 15.8 Å². The van der Waals surface area contributed by atoms with Gasteiger partial charge in [-0.3, -0.25) is 0 Å². The van der Waals surface area contributed by atoms with Crippen LogP contribution in [0.25, 0.3) is 0 Å². The van der Waals surface area contributed by atoms with E-state index in [1.165, 1.54) is 30.4 Å². The van der Waals surface area contributed by atoms with Crippen molar-refractivity contribution in [2.45, 2.75) is 33.1 Å². The van der Waals surface area contributed by atoms with E-state index in [1.54, 1.807) is 7.11 Å². The number of nitrogens with two attached hydrogens (primary N) is 1. The van der Waals surface area contributed by atoms with Crippen molar-refractivity contribution in [2.24, 2.45) is 11.1 Å². The highest BCUT2D eigenvalue weighted by Gasteiger charge is 2.35. The van der Waals surface area contributed by atoms with Gasteiger partial charge in [-0.2, -0.15) is 0 Å². The predicted molar refractivity (Wildman–Crippen MR) is 76.3 cm³/mol. The number of aryl methyl sites for hydroxylation is 2. The van der Waals surface area contributed by atoms with Gasteiger partial charge in [0.15, 0.2) is 0 Å². The Morgan fingerprint density at radius 3 is 2.56 bits per heavy atom. The van der Waals surface area contributed by atoms with E-state index in [-0.39, 0.29) is 0 Å². The lowest BCUT2D eigenvalue weighted by atomic mass is 9.69. The molecule has 1 fully saturated rings. The molecule has 0 heterocycles. The monoisotopic (exact) mass is 248 g/mol. The van der Waals surface area contributed by atoms with Gasteiger partial charge in [-0.1, -0.05) is 12.5 Å². The number of nitrogens with one attached hydrogen (secondary N) is 1. The molecule has 18 heavy (non-hydrogen) atoms. The highest BCUT2D eigenvalue weighted by molar-refractivity contribution is 5.63. The third-order valence-corrected chi connectivity index (χ3v) is 4.15. The molecule has 0 aromatic heterocycles. The Bertz CT molecular complexity index is 419. The number of methoxy groups -OCH3 is 1. The minimum Gasteiger partial charge on any atom is -0.495 e. The minimum atomic E-state index is 0.308. The maximum Gasteiger partial charge on any atom is 0.142 e. The van der Waals surface area contributed by atoms with Crippen LogP contribution in [0.4, 0.5) is 5.69 Å². The zero-order chi connectivity index (χ0) is 13.2. The van der Waals surface area contributed by atoms with Crippen LogP contribution in [-0.2, 0) is 0 Å². The van der Waals surface area contributed by atoms with Gasteiger partial charge < -0.3 is 15.8 Å². The van der Waals surface area contributed by atoms with Gasteiger partial charge in [-0.15, -0.1) is 0 Å². The van der Waals surface area contributed by atoms with E-state index >= 15 is 0 Å². The second kappa shape index (κ2) is 5.19. The van der Waals surface area contributed by atoms with Crippen LogP contribution in [0, 0.1) is 19.3 Å². The van der Waals surface area contributed by atoms with Crippen molar-refractivity contribution in [2.75, 3.05) is 25.5 Å². The third kappa shape index (κ3) is 2.46. The van der Waals surface area contributed by atoms with Crippen molar-refractivity contribution in [1.29, 1.82) is 0 Å². The first-order chi connectivity index (χ1) is 8.60. The highest BCUT2D eigenvalue weighted by Crippen LogP contribution is 2.41. The van der Waals surface area contributed by atoms with Gasteiger partial charge in [0.2, 0.25) is 0 Å². The quantitative estimate of drug-likeness (QED) is 0.842. The summed E-state index contributed by atoms with van der Waals surface area (Å²) in [5, 5.41) is 3.55. The summed E-state index contributed by atoms with van der Waals surface area (Å²) in [5.74, 6) is 0.930. The maximum absolute atomic E-state index is 5.89. The number of hydrogen-bond acceptors (Lipinski definition) is 3. The van der Waals surface area contributed by atoms with Gasteiger partial charge in [0.1, 0.15) is 5.75 Å². The molecule has 0 radical (unpaired) electrons. The van der Waals surface area contributed by atoms with Crippen LogP contribution in [0.15, 0.2) is 12.1 Å². The average Bonchev–Trinajstić information content (AvgIpc) is 2.29. The minimum absolute atomic E-state index is 0.308. The number of hydrogen-bond donors (Lipinski definition) is 2. The summed E-state index contributed by atoms with van der Waals surface area (Å²) in [5.41, 5.74) is 9.78. The van der Waals surface area contributed by atoms with E-state index in [4.69, 9.17) is 10.5 Å². The smallest absolute Gasteiger partial charge is 0.142 e. The lowest BCUT2D eigenvalue weighted by molar-refractivity contribution is 0.163. The van der Waals surface area contributed by atoms with Crippen molar-refractivity contribution in [3.05, 3.63) is 23.3 Å². The van der Waals surface area contributed by atoms with Crippen LogP contribution in [0.1, 0.15) is 30.4 Å². The number of anilines is 1. The summed E-state index contributed by atoms with van der Waals surface area (Å²) in [6.07, 6.45) is 3.79. The summed E-state index contributed by atoms with van der Waals surface area (Å²) in [6.45, 7) is 5.93. The predicted octanol–water partition coefficient (Wildman–Crippen LogP) is 2.85. The van der Waals surface area contributed by atoms with E-state index in [2.05, 4.69) is 31.3 Å². The molecular formula is C15H24N2O. The molecule has 0 spiro atoms. The van der Waals surface area contributed by atoms with Crippen molar-refractivity contribution < 1.29 is 4.74 Å². The zero-order valence-electron chi connectivity index (χ0n) is 11.7. The third-order valence-electron chi connectivity index (χ3n) is 4.15. The summed E-state index contributed by atoms with van der Waals surface area (Å²) in [4.78, 5) is 0. The standard InChI is InChI=1S/C15H24N2O/c1-11-7-12(2)14(13(8-11)18-3)17-10-15(9-16)5-4-6-15/h7-8,17H,4-6,9-10,16H2,1-3H3. The molecule has 0 atom stereocenters. The summed E-state index contributed by atoms with van der Waals surface area (Å²) < 4.78 is 5.46. The molecule has 2 rings (SSSR count). The van der Waals surface area contributed by atoms with Gasteiger partial charge >= 0.3 is 0 Å². The lowest BCUT2D eigenvalue weighted by Crippen LogP contribution is -2.43. The molecule has 0 amide bonds.